The van der Waals surface area contributed by atoms with Gasteiger partial charge in [-0.2, -0.15) is 0 Å². The molecule has 4 rings (SSSR count). The summed E-state index contributed by atoms with van der Waals surface area (Å²) in [5.74, 6) is 0.0301. The van der Waals surface area contributed by atoms with Crippen LogP contribution >= 0.6 is 0 Å². The van der Waals surface area contributed by atoms with Crippen molar-refractivity contribution >= 4 is 17.6 Å². The van der Waals surface area contributed by atoms with Gasteiger partial charge in [0, 0.05) is 12.4 Å². The summed E-state index contributed by atoms with van der Waals surface area (Å²) in [6.07, 6.45) is 8.11. The molecule has 2 aromatic heterocycles. The van der Waals surface area contributed by atoms with Crippen molar-refractivity contribution in [3.63, 3.8) is 0 Å². The van der Waals surface area contributed by atoms with E-state index in [4.69, 9.17) is 0 Å². The highest BCUT2D eigenvalue weighted by Crippen LogP contribution is 2.35. The summed E-state index contributed by atoms with van der Waals surface area (Å²) in [5, 5.41) is 8.92. The highest BCUT2D eigenvalue weighted by atomic mass is 16.2. The molecule has 2 aromatic rings. The van der Waals surface area contributed by atoms with E-state index in [2.05, 4.69) is 20.9 Å². The van der Waals surface area contributed by atoms with Crippen LogP contribution in [0.3, 0.4) is 0 Å². The molecule has 1 aliphatic carbocycles. The highest BCUT2D eigenvalue weighted by Gasteiger charge is 2.48. The number of nitrogens with one attached hydrogen (secondary N) is 3. The number of urea groups is 1. The van der Waals surface area contributed by atoms with E-state index >= 15 is 0 Å². The van der Waals surface area contributed by atoms with E-state index in [1.165, 1.54) is 0 Å². The molecule has 0 unspecified atom stereocenters. The molecule has 3 N–H and O–H groups in total. The number of carbonyl (C=O) groups is 2. The number of nitrogens with zero attached hydrogens (tertiary/aromatic N) is 2. The van der Waals surface area contributed by atoms with Gasteiger partial charge in [-0.05, 0) is 25.0 Å². The lowest BCUT2D eigenvalue weighted by atomic mass is 9.78. The van der Waals surface area contributed by atoms with Crippen LogP contribution in [0.25, 0.3) is 5.65 Å². The molecule has 1 aliphatic heterocycles. The summed E-state index contributed by atoms with van der Waals surface area (Å²) in [5.41, 5.74) is 1.22. The second kappa shape index (κ2) is 5.81. The quantitative estimate of drug-likeness (QED) is 0.795. The van der Waals surface area contributed by atoms with Gasteiger partial charge >= 0.3 is 6.03 Å². The third-order valence-corrected chi connectivity index (χ3v) is 5.05. The third kappa shape index (κ3) is 2.70. The second-order valence-electron chi connectivity index (χ2n) is 6.70. The van der Waals surface area contributed by atoms with Gasteiger partial charge in [-0.1, -0.05) is 18.9 Å². The molecular weight excluding hydrogens is 306 g/mol. The van der Waals surface area contributed by atoms with Crippen molar-refractivity contribution < 1.29 is 9.59 Å². The summed E-state index contributed by atoms with van der Waals surface area (Å²) < 4.78 is 1.92. The van der Waals surface area contributed by atoms with Crippen LogP contribution in [0.2, 0.25) is 0 Å². The van der Waals surface area contributed by atoms with Gasteiger partial charge in [0.25, 0.3) is 0 Å². The third-order valence-electron chi connectivity index (χ3n) is 5.05. The van der Waals surface area contributed by atoms with Gasteiger partial charge < -0.3 is 20.4 Å². The largest absolute Gasteiger partial charge is 0.351 e. The van der Waals surface area contributed by atoms with Gasteiger partial charge in [-0.25, -0.2) is 9.78 Å². The first-order valence-electron chi connectivity index (χ1n) is 8.43. The normalized spacial score (nSPS) is 26.0. The Morgan fingerprint density at radius 2 is 2.33 bits per heavy atom. The average Bonchev–Trinajstić information content (AvgIpc) is 3.12. The summed E-state index contributed by atoms with van der Waals surface area (Å²) in [7, 11) is 0. The highest BCUT2D eigenvalue weighted by molar-refractivity contribution is 5.83. The molecule has 3 heterocycles. The molecule has 0 spiro atoms. The topological polar surface area (TPSA) is 87.5 Å². The van der Waals surface area contributed by atoms with Gasteiger partial charge in [0.05, 0.1) is 30.2 Å². The van der Waals surface area contributed by atoms with Crippen LogP contribution in [-0.4, -0.2) is 32.9 Å². The fraction of sp³-hybridized carbons (Fsp3) is 0.471. The van der Waals surface area contributed by atoms with E-state index < -0.39 is 5.54 Å². The fourth-order valence-electron chi connectivity index (χ4n) is 3.90. The zero-order valence-electron chi connectivity index (χ0n) is 13.4. The van der Waals surface area contributed by atoms with Crippen LogP contribution in [0, 0.1) is 0 Å². The number of hydrogen-bond acceptors (Lipinski definition) is 3. The second-order valence-corrected chi connectivity index (χ2v) is 6.70. The van der Waals surface area contributed by atoms with Crippen LogP contribution in [0.4, 0.5) is 4.79 Å². The standard InChI is InChI=1S/C17H21N5O2/c23-15-9-17(7-3-1-5-13(17)20-15)21-16(24)18-10-12-11-22-8-4-2-6-14(22)19-12/h2,4,6,8,11,13H,1,3,5,7,9-10H2,(H,20,23)(H2,18,21,24)/t13-,17+/m0/s1. The molecular formula is C17H21N5O2. The van der Waals surface area contributed by atoms with Gasteiger partial charge in [0.1, 0.15) is 5.65 Å². The van der Waals surface area contributed by atoms with Crippen molar-refractivity contribution in [3.8, 4) is 0 Å². The number of carbonyl (C=O) groups excluding carboxylic acids is 2. The van der Waals surface area contributed by atoms with Gasteiger partial charge in [-0.3, -0.25) is 4.79 Å². The van der Waals surface area contributed by atoms with Gasteiger partial charge in [0.2, 0.25) is 5.91 Å². The monoisotopic (exact) mass is 327 g/mol. The molecule has 2 atom stereocenters. The number of hydrogen-bond donors (Lipinski definition) is 3. The molecule has 1 saturated heterocycles. The first-order valence-corrected chi connectivity index (χ1v) is 8.43. The van der Waals surface area contributed by atoms with Crippen LogP contribution in [0.5, 0.6) is 0 Å². The van der Waals surface area contributed by atoms with Crippen LogP contribution < -0.4 is 16.0 Å². The minimum Gasteiger partial charge on any atom is -0.351 e. The van der Waals surface area contributed by atoms with Gasteiger partial charge in [0.15, 0.2) is 0 Å². The predicted molar refractivity (Wildman–Crippen MR) is 88.3 cm³/mol. The van der Waals surface area contributed by atoms with Crippen molar-refractivity contribution in [2.24, 2.45) is 0 Å². The predicted octanol–water partition coefficient (Wildman–Crippen LogP) is 1.33. The number of amides is 3. The minimum atomic E-state index is -0.432. The van der Waals surface area contributed by atoms with Crippen molar-refractivity contribution in [2.45, 2.75) is 50.2 Å². The number of pyridine rings is 1. The summed E-state index contributed by atoms with van der Waals surface area (Å²) in [6, 6.07) is 5.60. The smallest absolute Gasteiger partial charge is 0.315 e. The molecule has 0 radical (unpaired) electrons. The Kier molecular flexibility index (Phi) is 3.63. The van der Waals surface area contributed by atoms with E-state index in [9.17, 15) is 9.59 Å². The van der Waals surface area contributed by atoms with E-state index in [-0.39, 0.29) is 18.0 Å². The lowest BCUT2D eigenvalue weighted by Crippen LogP contribution is -2.59. The zero-order valence-corrected chi connectivity index (χ0v) is 13.4. The molecule has 0 bridgehead atoms. The Morgan fingerprint density at radius 3 is 3.21 bits per heavy atom. The number of aromatic nitrogens is 2. The number of rotatable bonds is 3. The van der Waals surface area contributed by atoms with Crippen LogP contribution in [-0.2, 0) is 11.3 Å². The van der Waals surface area contributed by atoms with E-state index in [1.807, 2.05) is 35.0 Å². The Bertz CT molecular complexity index is 753. The Labute approximate surface area is 139 Å². The zero-order chi connectivity index (χ0) is 16.6. The first kappa shape index (κ1) is 15.0. The average molecular weight is 327 g/mol. The summed E-state index contributed by atoms with van der Waals surface area (Å²) >= 11 is 0. The molecule has 7 nitrogen and oxygen atoms in total. The molecule has 2 aliphatic rings. The van der Waals surface area contributed by atoms with Crippen molar-refractivity contribution in [1.82, 2.24) is 25.3 Å². The molecule has 7 heteroatoms. The summed E-state index contributed by atoms with van der Waals surface area (Å²) in [6.45, 7) is 0.357. The minimum absolute atomic E-state index is 0.0301. The number of imidazole rings is 1. The SMILES string of the molecule is O=C1C[C@]2(NC(=O)NCc3cn4ccccc4n3)CCCC[C@@H]2N1. The lowest BCUT2D eigenvalue weighted by Gasteiger charge is -2.38. The molecule has 24 heavy (non-hydrogen) atoms. The maximum atomic E-state index is 12.3. The fourth-order valence-corrected chi connectivity index (χ4v) is 3.90. The maximum absolute atomic E-state index is 12.3. The molecule has 1 saturated carbocycles. The molecule has 2 fully saturated rings. The van der Waals surface area contributed by atoms with Crippen molar-refractivity contribution in [2.75, 3.05) is 0 Å². The van der Waals surface area contributed by atoms with E-state index in [1.54, 1.807) is 0 Å². The number of fused-ring (bicyclic) bond motifs is 2. The molecule has 3 amide bonds. The van der Waals surface area contributed by atoms with Crippen LogP contribution in [0.1, 0.15) is 37.8 Å². The first-order chi connectivity index (χ1) is 11.6. The van der Waals surface area contributed by atoms with Crippen molar-refractivity contribution in [3.05, 3.63) is 36.3 Å². The Hall–Kier alpha value is -2.57. The Morgan fingerprint density at radius 1 is 1.42 bits per heavy atom. The molecule has 126 valence electrons. The molecule has 0 aromatic carbocycles. The van der Waals surface area contributed by atoms with Crippen molar-refractivity contribution in [1.29, 1.82) is 0 Å². The van der Waals surface area contributed by atoms with E-state index in [0.29, 0.717) is 13.0 Å². The van der Waals surface area contributed by atoms with Crippen LogP contribution in [0.15, 0.2) is 30.6 Å². The Balaban J connectivity index is 1.40. The lowest BCUT2D eigenvalue weighted by molar-refractivity contribution is -0.119. The maximum Gasteiger partial charge on any atom is 0.315 e. The van der Waals surface area contributed by atoms with Gasteiger partial charge in [-0.15, -0.1) is 0 Å². The van der Waals surface area contributed by atoms with E-state index in [0.717, 1.165) is 37.0 Å². The summed E-state index contributed by atoms with van der Waals surface area (Å²) in [4.78, 5) is 28.6.